The van der Waals surface area contributed by atoms with Gasteiger partial charge in [-0.25, -0.2) is 4.79 Å². The number of amides is 3. The number of alkyl carbamates (subject to hydrolysis) is 1. The van der Waals surface area contributed by atoms with Crippen LogP contribution in [0.4, 0.5) is 4.79 Å². The zero-order chi connectivity index (χ0) is 30.6. The van der Waals surface area contributed by atoms with E-state index in [2.05, 4.69) is 10.6 Å². The molecule has 2 aromatic carbocycles. The number of aryl methyl sites for hydroxylation is 1. The van der Waals surface area contributed by atoms with E-state index in [1.165, 1.54) is 12.1 Å². The number of rotatable bonds is 9. The zero-order valence-corrected chi connectivity index (χ0v) is 25.4. The van der Waals surface area contributed by atoms with E-state index in [1.54, 1.807) is 62.9 Å². The maximum absolute atomic E-state index is 14.6. The molecule has 9 nitrogen and oxygen atoms in total. The van der Waals surface area contributed by atoms with Crippen molar-refractivity contribution >= 4 is 17.9 Å². The molecule has 2 saturated carbocycles. The highest BCUT2D eigenvalue weighted by molar-refractivity contribution is 5.93. The fraction of sp³-hybridized carbons (Fsp3) is 0.545. The summed E-state index contributed by atoms with van der Waals surface area (Å²) in [7, 11) is 0. The van der Waals surface area contributed by atoms with Gasteiger partial charge in [-0.05, 0) is 76.1 Å². The molecule has 0 aliphatic heterocycles. The molecule has 4 N–H and O–H groups in total. The van der Waals surface area contributed by atoms with E-state index in [4.69, 9.17) is 4.74 Å². The number of benzene rings is 2. The van der Waals surface area contributed by atoms with Gasteiger partial charge in [0.1, 0.15) is 29.2 Å². The van der Waals surface area contributed by atoms with Crippen LogP contribution in [0.25, 0.3) is 0 Å². The molecule has 2 fully saturated rings. The SMILES string of the molecule is Cc1cccc(C(C(=O)NC2CCCCC2)N(C(=O)C(Cc2ccc(O)cc2)NC(=O)OC(C)(C)C)C2CC2C)c1O. The normalized spacial score (nSPS) is 20.2. The number of hydrogen-bond donors (Lipinski definition) is 4. The number of hydrogen-bond acceptors (Lipinski definition) is 6. The van der Waals surface area contributed by atoms with E-state index < -0.39 is 29.7 Å². The number of aromatic hydroxyl groups is 2. The van der Waals surface area contributed by atoms with E-state index in [0.717, 1.165) is 32.1 Å². The van der Waals surface area contributed by atoms with Gasteiger partial charge in [-0.3, -0.25) is 9.59 Å². The summed E-state index contributed by atoms with van der Waals surface area (Å²) in [6.45, 7) is 9.01. The van der Waals surface area contributed by atoms with Gasteiger partial charge < -0.3 is 30.5 Å². The Kier molecular flexibility index (Phi) is 9.69. The smallest absolute Gasteiger partial charge is 0.408 e. The van der Waals surface area contributed by atoms with Crippen molar-refractivity contribution < 1.29 is 29.3 Å². The Morgan fingerprint density at radius 2 is 1.67 bits per heavy atom. The minimum absolute atomic E-state index is 0.00182. The number of ether oxygens (including phenoxy) is 1. The van der Waals surface area contributed by atoms with Gasteiger partial charge in [-0.2, -0.15) is 0 Å². The predicted molar refractivity (Wildman–Crippen MR) is 160 cm³/mol. The molecule has 4 atom stereocenters. The molecule has 2 aliphatic carbocycles. The summed E-state index contributed by atoms with van der Waals surface area (Å²) in [6, 6.07) is 9.27. The molecule has 4 unspecified atom stereocenters. The van der Waals surface area contributed by atoms with Crippen LogP contribution in [-0.2, 0) is 20.7 Å². The Morgan fingerprint density at radius 3 is 2.26 bits per heavy atom. The maximum atomic E-state index is 14.6. The van der Waals surface area contributed by atoms with Crippen molar-refractivity contribution in [2.24, 2.45) is 5.92 Å². The van der Waals surface area contributed by atoms with E-state index in [9.17, 15) is 24.6 Å². The van der Waals surface area contributed by atoms with Crippen molar-refractivity contribution in [3.8, 4) is 11.5 Å². The van der Waals surface area contributed by atoms with E-state index in [0.29, 0.717) is 23.1 Å². The number of phenolic OH excluding ortho intramolecular Hbond substituents is 2. The number of para-hydroxylation sites is 1. The van der Waals surface area contributed by atoms with Crippen LogP contribution in [0.3, 0.4) is 0 Å². The van der Waals surface area contributed by atoms with Crippen LogP contribution in [0.2, 0.25) is 0 Å². The van der Waals surface area contributed by atoms with Crippen molar-refractivity contribution in [1.82, 2.24) is 15.5 Å². The van der Waals surface area contributed by atoms with Crippen LogP contribution < -0.4 is 10.6 Å². The lowest BCUT2D eigenvalue weighted by atomic mass is 9.93. The van der Waals surface area contributed by atoms with Gasteiger partial charge >= 0.3 is 6.09 Å². The summed E-state index contributed by atoms with van der Waals surface area (Å²) in [6.07, 6.45) is 5.00. The molecule has 42 heavy (non-hydrogen) atoms. The third kappa shape index (κ3) is 7.95. The van der Waals surface area contributed by atoms with Crippen molar-refractivity contribution in [2.45, 2.75) is 109 Å². The summed E-state index contributed by atoms with van der Waals surface area (Å²) in [5.74, 6) is -0.572. The van der Waals surface area contributed by atoms with Gasteiger partial charge in [-0.15, -0.1) is 0 Å². The minimum atomic E-state index is -1.09. The number of nitrogens with one attached hydrogen (secondary N) is 2. The number of nitrogens with zero attached hydrogens (tertiary/aromatic N) is 1. The standard InChI is InChI=1S/C33H45N3O6/c1-20-10-9-13-25(29(20)38)28(30(39)34-23-11-7-6-8-12-23)36(27-18-21(27)2)31(40)26(35-32(41)42-33(3,4)5)19-22-14-16-24(37)17-15-22/h9-10,13-17,21,23,26-28,37-38H,6-8,11-12,18-19H2,1-5H3,(H,34,39)(H,35,41). The van der Waals surface area contributed by atoms with Crippen molar-refractivity contribution in [3.63, 3.8) is 0 Å². The van der Waals surface area contributed by atoms with Crippen LogP contribution in [0.5, 0.6) is 11.5 Å². The third-order valence-electron chi connectivity index (χ3n) is 8.09. The second kappa shape index (κ2) is 13.0. The Labute approximate surface area is 248 Å². The monoisotopic (exact) mass is 579 g/mol. The molecule has 4 rings (SSSR count). The van der Waals surface area contributed by atoms with Crippen LogP contribution in [0, 0.1) is 12.8 Å². The number of phenols is 2. The van der Waals surface area contributed by atoms with E-state index in [1.807, 2.05) is 6.92 Å². The molecule has 0 radical (unpaired) electrons. The highest BCUT2D eigenvalue weighted by Gasteiger charge is 2.49. The molecule has 9 heteroatoms. The molecule has 0 heterocycles. The molecular formula is C33H45N3O6. The van der Waals surface area contributed by atoms with Gasteiger partial charge in [0.05, 0.1) is 0 Å². The largest absolute Gasteiger partial charge is 0.508 e. The first kappa shape index (κ1) is 31.2. The van der Waals surface area contributed by atoms with Crippen LogP contribution in [-0.4, -0.2) is 56.7 Å². The Morgan fingerprint density at radius 1 is 1.02 bits per heavy atom. The van der Waals surface area contributed by atoms with Crippen molar-refractivity contribution in [2.75, 3.05) is 0 Å². The summed E-state index contributed by atoms with van der Waals surface area (Å²) < 4.78 is 5.50. The summed E-state index contributed by atoms with van der Waals surface area (Å²) >= 11 is 0. The topological polar surface area (TPSA) is 128 Å². The van der Waals surface area contributed by atoms with Crippen LogP contribution in [0.1, 0.15) is 89.0 Å². The second-order valence-electron chi connectivity index (χ2n) is 12.9. The lowest BCUT2D eigenvalue weighted by Gasteiger charge is -2.36. The first-order valence-corrected chi connectivity index (χ1v) is 15.0. The summed E-state index contributed by atoms with van der Waals surface area (Å²) in [5.41, 5.74) is 0.896. The summed E-state index contributed by atoms with van der Waals surface area (Å²) in [5, 5.41) is 26.9. The van der Waals surface area contributed by atoms with Crippen LogP contribution >= 0.6 is 0 Å². The molecule has 2 aromatic rings. The quantitative estimate of drug-likeness (QED) is 0.321. The molecule has 3 amide bonds. The lowest BCUT2D eigenvalue weighted by Crippen LogP contribution is -2.55. The van der Waals surface area contributed by atoms with Gasteiger partial charge in [0.2, 0.25) is 11.8 Å². The predicted octanol–water partition coefficient (Wildman–Crippen LogP) is 5.27. The number of carbonyl (C=O) groups excluding carboxylic acids is 3. The highest BCUT2D eigenvalue weighted by atomic mass is 16.6. The first-order valence-electron chi connectivity index (χ1n) is 15.0. The average molecular weight is 580 g/mol. The van der Waals surface area contributed by atoms with Crippen LogP contribution in [0.15, 0.2) is 42.5 Å². The van der Waals surface area contributed by atoms with Gasteiger partial charge in [0, 0.05) is 24.1 Å². The Bertz CT molecular complexity index is 1270. The first-order chi connectivity index (χ1) is 19.8. The number of carbonyl (C=O) groups is 3. The molecule has 0 saturated heterocycles. The molecular weight excluding hydrogens is 534 g/mol. The average Bonchev–Trinajstić information content (AvgIpc) is 3.64. The van der Waals surface area contributed by atoms with Crippen molar-refractivity contribution in [3.05, 3.63) is 59.2 Å². The maximum Gasteiger partial charge on any atom is 0.408 e. The van der Waals surface area contributed by atoms with E-state index in [-0.39, 0.29) is 41.8 Å². The molecule has 228 valence electrons. The summed E-state index contributed by atoms with van der Waals surface area (Å²) in [4.78, 5) is 43.3. The second-order valence-corrected chi connectivity index (χ2v) is 12.9. The van der Waals surface area contributed by atoms with E-state index >= 15 is 0 Å². The third-order valence-corrected chi connectivity index (χ3v) is 8.09. The van der Waals surface area contributed by atoms with Gasteiger partial charge in [0.15, 0.2) is 0 Å². The van der Waals surface area contributed by atoms with Crippen molar-refractivity contribution in [1.29, 1.82) is 0 Å². The molecule has 0 bridgehead atoms. The Balaban J connectivity index is 1.74. The Hall–Kier alpha value is -3.75. The van der Waals surface area contributed by atoms with Gasteiger partial charge in [0.25, 0.3) is 0 Å². The highest BCUT2D eigenvalue weighted by Crippen LogP contribution is 2.43. The molecule has 0 spiro atoms. The minimum Gasteiger partial charge on any atom is -0.508 e. The zero-order valence-electron chi connectivity index (χ0n) is 25.4. The molecule has 0 aromatic heterocycles. The molecule has 2 aliphatic rings. The van der Waals surface area contributed by atoms with Gasteiger partial charge in [-0.1, -0.05) is 56.5 Å². The fourth-order valence-corrected chi connectivity index (χ4v) is 5.72. The lowest BCUT2D eigenvalue weighted by molar-refractivity contribution is -0.143. The fourth-order valence-electron chi connectivity index (χ4n) is 5.72.